The highest BCUT2D eigenvalue weighted by molar-refractivity contribution is 6.31. The molecule has 550 valence electrons. The van der Waals surface area contributed by atoms with E-state index in [2.05, 4.69) is 16.0 Å². The van der Waals surface area contributed by atoms with Gasteiger partial charge in [0.1, 0.15) is 54.4 Å². The normalized spacial score (nSPS) is 26.7. The van der Waals surface area contributed by atoms with Crippen LogP contribution in [0.15, 0.2) is 18.2 Å². The van der Waals surface area contributed by atoms with E-state index >= 15 is 0 Å². The Kier molecular flexibility index (Phi) is 30.7. The van der Waals surface area contributed by atoms with E-state index < -0.39 is 167 Å². The molecule has 0 unspecified atom stereocenters. The molecule has 5 rings (SSSR count). The van der Waals surface area contributed by atoms with Crippen molar-refractivity contribution in [3.8, 4) is 0 Å². The molecule has 0 aromatic heterocycles. The maximum Gasteiger partial charge on any atom is 0.417 e. The predicted octanol–water partition coefficient (Wildman–Crippen LogP) is 5.74. The summed E-state index contributed by atoms with van der Waals surface area (Å²) >= 11 is 6.08. The average molecular weight is 1400 g/mol. The lowest BCUT2D eigenvalue weighted by Gasteiger charge is -2.45. The Morgan fingerprint density at radius 2 is 1.26 bits per heavy atom. The Balaban J connectivity index is 1.53. The second-order valence-electron chi connectivity index (χ2n) is 28.5. The van der Waals surface area contributed by atoms with E-state index in [0.29, 0.717) is 37.9 Å². The minimum absolute atomic E-state index is 0.0275. The molecule has 0 radical (unpaired) electrons. The Hall–Kier alpha value is -7.06. The summed E-state index contributed by atoms with van der Waals surface area (Å²) in [6, 6.07) is -7.54. The van der Waals surface area contributed by atoms with Crippen molar-refractivity contribution in [2.45, 2.75) is 232 Å². The number of nitrogens with zero attached hydrogens (tertiary/aromatic N) is 9. The van der Waals surface area contributed by atoms with E-state index in [1.165, 1.54) is 98.6 Å². The van der Waals surface area contributed by atoms with Crippen LogP contribution < -0.4 is 16.0 Å². The summed E-state index contributed by atoms with van der Waals surface area (Å²) in [5.74, 6) is -8.36. The molecule has 4 aliphatic rings. The second-order valence-corrected chi connectivity index (χ2v) is 28.9. The van der Waals surface area contributed by atoms with Crippen molar-refractivity contribution in [3.05, 3.63) is 34.3 Å². The molecule has 1 aromatic rings. The molecule has 1 aliphatic carbocycles. The Labute approximate surface area is 582 Å². The zero-order valence-corrected chi connectivity index (χ0v) is 61.2. The van der Waals surface area contributed by atoms with Crippen LogP contribution in [0, 0.1) is 23.7 Å². The number of carbonyl (C=O) groups is 12. The molecule has 3 aliphatic heterocycles. The summed E-state index contributed by atoms with van der Waals surface area (Å²) in [5, 5.41) is 7.84. The van der Waals surface area contributed by atoms with E-state index in [1.807, 2.05) is 20.8 Å². The van der Waals surface area contributed by atoms with Gasteiger partial charge in [-0.3, -0.25) is 57.5 Å². The number of hydrogen-bond acceptors (Lipinski definition) is 12. The van der Waals surface area contributed by atoms with Crippen LogP contribution in [0.3, 0.4) is 0 Å². The van der Waals surface area contributed by atoms with E-state index in [0.717, 1.165) is 60.5 Å². The van der Waals surface area contributed by atoms with Crippen molar-refractivity contribution in [2.75, 3.05) is 82.1 Å². The third-order valence-electron chi connectivity index (χ3n) is 20.6. The molecular weight excluding hydrogens is 1290 g/mol. The SMILES string of the molecule is CC[C@H](C)[C@@H]1NC(=O)[C@H](CC(C)C)N(C)C(=O)C[C@@H](C(=O)N2CCCCC2)N(C)C(=O)[C@H](C(C)C)N(C)C(=O)CCCCNC(=O)[C@H](C)N(C)C(=O)[C@H](CCc2ccc(C(F)(F)F)c(Cl)c2)NC(=O)CN(C)C(=O)[C@H](CC2CCCCC2)N(C)C(=O)[C@@H]2CCN2C(=O)[C@H](C)N(C)C1=O. The third kappa shape index (κ3) is 21.2. The number of rotatable bonds is 11. The fraction of sp³-hybridized carbons (Fsp3) is 0.743. The van der Waals surface area contributed by atoms with Crippen LogP contribution in [-0.4, -0.2) is 251 Å². The van der Waals surface area contributed by atoms with E-state index in [1.54, 1.807) is 25.7 Å². The minimum atomic E-state index is -4.74. The summed E-state index contributed by atoms with van der Waals surface area (Å²) in [6.45, 7) is 14.2. The number of halogens is 4. The first-order valence-corrected chi connectivity index (χ1v) is 35.5. The van der Waals surface area contributed by atoms with Crippen LogP contribution in [-0.2, 0) is 70.1 Å². The largest absolute Gasteiger partial charge is 0.417 e. The van der Waals surface area contributed by atoms with Crippen LogP contribution in [0.4, 0.5) is 13.2 Å². The van der Waals surface area contributed by atoms with Crippen LogP contribution in [0.1, 0.15) is 176 Å². The van der Waals surface area contributed by atoms with E-state index in [4.69, 9.17) is 11.6 Å². The molecular formula is C70H110ClF3N12O12. The molecule has 10 atom stereocenters. The number of likely N-dealkylation sites (tertiary alicyclic amines) is 1. The number of likely N-dealkylation sites (N-methyl/N-ethyl adjacent to an activating group) is 7. The van der Waals surface area contributed by atoms with E-state index in [9.17, 15) is 70.7 Å². The van der Waals surface area contributed by atoms with Gasteiger partial charge in [-0.05, 0) is 119 Å². The quantitative estimate of drug-likeness (QED) is 0.239. The van der Waals surface area contributed by atoms with Crippen molar-refractivity contribution in [1.82, 2.24) is 60.0 Å². The van der Waals surface area contributed by atoms with Gasteiger partial charge in [0.2, 0.25) is 70.9 Å². The van der Waals surface area contributed by atoms with Gasteiger partial charge in [0.05, 0.1) is 23.6 Å². The highest BCUT2D eigenvalue weighted by Crippen LogP contribution is 2.36. The van der Waals surface area contributed by atoms with Gasteiger partial charge in [-0.15, -0.1) is 0 Å². The van der Waals surface area contributed by atoms with Crippen molar-refractivity contribution in [3.63, 3.8) is 0 Å². The molecule has 1 aromatic carbocycles. The number of amides is 12. The van der Waals surface area contributed by atoms with Crippen molar-refractivity contribution in [1.29, 1.82) is 0 Å². The molecule has 0 bridgehead atoms. The van der Waals surface area contributed by atoms with Crippen LogP contribution >= 0.6 is 11.6 Å². The molecule has 3 saturated heterocycles. The maximum atomic E-state index is 14.9. The molecule has 24 nitrogen and oxygen atoms in total. The van der Waals surface area contributed by atoms with Gasteiger partial charge in [-0.2, -0.15) is 13.2 Å². The summed E-state index contributed by atoms with van der Waals surface area (Å²) in [6.07, 6.45) is 2.64. The summed E-state index contributed by atoms with van der Waals surface area (Å²) in [5.41, 5.74) is -0.760. The van der Waals surface area contributed by atoms with Gasteiger partial charge in [0.15, 0.2) is 0 Å². The topological polar surface area (TPSA) is 270 Å². The number of nitrogens with one attached hydrogen (secondary N) is 3. The summed E-state index contributed by atoms with van der Waals surface area (Å²) in [7, 11) is 9.99. The molecule has 1 saturated carbocycles. The van der Waals surface area contributed by atoms with Gasteiger partial charge in [0, 0.05) is 81.9 Å². The van der Waals surface area contributed by atoms with Gasteiger partial charge in [0.25, 0.3) is 0 Å². The first-order valence-electron chi connectivity index (χ1n) is 35.1. The van der Waals surface area contributed by atoms with Crippen LogP contribution in [0.5, 0.6) is 0 Å². The molecule has 98 heavy (non-hydrogen) atoms. The fourth-order valence-corrected chi connectivity index (χ4v) is 13.9. The smallest absolute Gasteiger partial charge is 0.354 e. The zero-order chi connectivity index (χ0) is 73.4. The number of benzene rings is 1. The van der Waals surface area contributed by atoms with Crippen LogP contribution in [0.25, 0.3) is 0 Å². The van der Waals surface area contributed by atoms with Crippen molar-refractivity contribution < 1.29 is 70.7 Å². The monoisotopic (exact) mass is 1400 g/mol. The maximum absolute atomic E-state index is 14.9. The third-order valence-corrected chi connectivity index (χ3v) is 20.9. The van der Waals surface area contributed by atoms with Gasteiger partial charge in [-0.25, -0.2) is 0 Å². The Morgan fingerprint density at radius 3 is 1.83 bits per heavy atom. The van der Waals surface area contributed by atoms with Crippen molar-refractivity contribution in [2.24, 2.45) is 23.7 Å². The molecule has 28 heteroatoms. The zero-order valence-electron chi connectivity index (χ0n) is 60.4. The lowest BCUT2D eigenvalue weighted by Crippen LogP contribution is -2.65. The number of aryl methyl sites for hydroxylation is 1. The standard InChI is InChI=1S/C70H110ClF3N12O12/c1-16-44(6)59-68(97)80(11)46(8)63(92)86-36-32-52(86)66(95)82(13)54(39-47-25-19-17-20-26-47)65(94)78(9)41-56(87)76-51(31-29-48-28-30-49(50(71)38-48)70(72,73)74)64(93)79(10)45(7)61(90)75-33-22-21-27-57(88)84(15)60(43(4)5)69(98)83(14)55(67(96)85-34-23-18-24-35-85)40-58(89)81(12)53(37-42(2)3)62(91)77-59/h28,30,38,42-47,51-55,59-60H,16-27,29,31-37,39-41H2,1-15H3,(H,75,90)(H,76,87)(H,77,91)/t44-,45-,46-,51-,52-,53-,54-,55-,59-,60-/m0/s1. The lowest BCUT2D eigenvalue weighted by molar-refractivity contribution is -0.160. The molecule has 3 heterocycles. The lowest BCUT2D eigenvalue weighted by atomic mass is 9.84. The Morgan fingerprint density at radius 1 is 0.633 bits per heavy atom. The number of hydrogen-bond donors (Lipinski definition) is 3. The van der Waals surface area contributed by atoms with Crippen molar-refractivity contribution >= 4 is 82.5 Å². The first-order chi connectivity index (χ1) is 45.9. The fourth-order valence-electron chi connectivity index (χ4n) is 13.6. The molecule has 12 amide bonds. The first kappa shape index (κ1) is 81.6. The number of piperidine rings is 1. The predicted molar refractivity (Wildman–Crippen MR) is 364 cm³/mol. The number of carbonyl (C=O) groups excluding carboxylic acids is 12. The average Bonchev–Trinajstić information content (AvgIpc) is 0.782. The highest BCUT2D eigenvalue weighted by Gasteiger charge is 2.47. The summed E-state index contributed by atoms with van der Waals surface area (Å²) < 4.78 is 41.1. The van der Waals surface area contributed by atoms with Crippen LogP contribution in [0.2, 0.25) is 5.02 Å². The number of fused-ring (bicyclic) bond motifs is 1. The summed E-state index contributed by atoms with van der Waals surface area (Å²) in [4.78, 5) is 186. The Bertz CT molecular complexity index is 3000. The molecule has 0 spiro atoms. The number of alkyl halides is 3. The molecule has 3 N–H and O–H groups in total. The van der Waals surface area contributed by atoms with E-state index in [-0.39, 0.29) is 76.3 Å². The minimum Gasteiger partial charge on any atom is -0.354 e. The van der Waals surface area contributed by atoms with Gasteiger partial charge < -0.3 is 60.0 Å². The second kappa shape index (κ2) is 36.9. The van der Waals surface area contributed by atoms with Gasteiger partial charge in [-0.1, -0.05) is 97.7 Å². The molecule has 4 fully saturated rings. The highest BCUT2D eigenvalue weighted by atomic mass is 35.5. The van der Waals surface area contributed by atoms with Gasteiger partial charge >= 0.3 is 6.18 Å².